The normalized spacial score (nSPS) is 23.5. The number of oxime groups is 1. The molecule has 0 aliphatic heterocycles. The van der Waals surface area contributed by atoms with Crippen LogP contribution in [0.4, 0.5) is 0 Å². The second-order valence-electron chi connectivity index (χ2n) is 6.08. The van der Waals surface area contributed by atoms with E-state index >= 15 is 0 Å². The highest BCUT2D eigenvalue weighted by atomic mass is 16.4. The predicted molar refractivity (Wildman–Crippen MR) is 71.6 cm³/mol. The topological polar surface area (TPSA) is 32.6 Å². The first-order chi connectivity index (χ1) is 8.38. The van der Waals surface area contributed by atoms with Gasteiger partial charge in [0.05, 0.1) is 5.71 Å². The maximum Gasteiger partial charge on any atom is 0.0576 e. The fourth-order valence-corrected chi connectivity index (χ4v) is 3.61. The van der Waals surface area contributed by atoms with Crippen LogP contribution in [0.5, 0.6) is 0 Å². The monoisotopic (exact) mass is 237 g/mol. The summed E-state index contributed by atoms with van der Waals surface area (Å²) in [4.78, 5) is 0. The van der Waals surface area contributed by atoms with E-state index in [1.807, 2.05) is 0 Å². The minimum absolute atomic E-state index is 0.804. The number of nitrogens with zero attached hydrogens (tertiary/aromatic N) is 1. The standard InChI is InChI=1S/C15H27NO/c17-16-15(11-13-7-3-1-4-8-13)12-14-9-5-2-6-10-14/h13-14,17H,1-12H2. The zero-order valence-electron chi connectivity index (χ0n) is 11.0. The molecule has 2 aliphatic carbocycles. The van der Waals surface area contributed by atoms with Crippen molar-refractivity contribution >= 4 is 5.71 Å². The van der Waals surface area contributed by atoms with Gasteiger partial charge < -0.3 is 5.21 Å². The van der Waals surface area contributed by atoms with E-state index in [2.05, 4.69) is 5.16 Å². The molecule has 2 nitrogen and oxygen atoms in total. The quantitative estimate of drug-likeness (QED) is 0.427. The summed E-state index contributed by atoms with van der Waals surface area (Å²) in [6, 6.07) is 0. The van der Waals surface area contributed by atoms with Gasteiger partial charge >= 0.3 is 0 Å². The smallest absolute Gasteiger partial charge is 0.0576 e. The van der Waals surface area contributed by atoms with Crippen LogP contribution in [0.25, 0.3) is 0 Å². The van der Waals surface area contributed by atoms with E-state index in [1.54, 1.807) is 0 Å². The van der Waals surface area contributed by atoms with E-state index in [9.17, 15) is 5.21 Å². The van der Waals surface area contributed by atoms with E-state index in [1.165, 1.54) is 64.2 Å². The average molecular weight is 237 g/mol. The summed E-state index contributed by atoms with van der Waals surface area (Å²) < 4.78 is 0. The molecule has 2 saturated carbocycles. The second-order valence-corrected chi connectivity index (χ2v) is 6.08. The Bertz CT molecular complexity index is 215. The summed E-state index contributed by atoms with van der Waals surface area (Å²) in [5.74, 6) is 1.61. The maximum atomic E-state index is 9.18. The molecule has 2 rings (SSSR count). The molecule has 2 aliphatic rings. The third-order valence-corrected chi connectivity index (χ3v) is 4.64. The summed E-state index contributed by atoms with van der Waals surface area (Å²) in [7, 11) is 0. The molecule has 1 N–H and O–H groups in total. The minimum Gasteiger partial charge on any atom is -0.411 e. The Balaban J connectivity index is 1.75. The molecule has 0 spiro atoms. The summed E-state index contributed by atoms with van der Waals surface area (Å²) in [5, 5.41) is 12.8. The highest BCUT2D eigenvalue weighted by molar-refractivity contribution is 5.84. The molecule has 0 saturated heterocycles. The van der Waals surface area contributed by atoms with Crippen LogP contribution in [0.1, 0.15) is 77.0 Å². The minimum atomic E-state index is 0.804. The Morgan fingerprint density at radius 2 is 1.18 bits per heavy atom. The zero-order valence-corrected chi connectivity index (χ0v) is 11.0. The van der Waals surface area contributed by atoms with Crippen molar-refractivity contribution in [2.45, 2.75) is 77.0 Å². The van der Waals surface area contributed by atoms with Crippen LogP contribution >= 0.6 is 0 Å². The number of rotatable bonds is 4. The number of hydrogen-bond donors (Lipinski definition) is 1. The van der Waals surface area contributed by atoms with Crippen molar-refractivity contribution in [2.24, 2.45) is 17.0 Å². The third kappa shape index (κ3) is 4.33. The third-order valence-electron chi connectivity index (χ3n) is 4.64. The van der Waals surface area contributed by atoms with Gasteiger partial charge in [0.1, 0.15) is 0 Å². The Morgan fingerprint density at radius 1 is 0.765 bits per heavy atom. The van der Waals surface area contributed by atoms with Crippen molar-refractivity contribution in [3.05, 3.63) is 0 Å². The SMILES string of the molecule is ON=C(CC1CCCCC1)CC1CCCCC1. The first kappa shape index (κ1) is 12.9. The van der Waals surface area contributed by atoms with Crippen molar-refractivity contribution < 1.29 is 5.21 Å². The van der Waals surface area contributed by atoms with Crippen LogP contribution in [-0.2, 0) is 0 Å². The Morgan fingerprint density at radius 3 is 1.53 bits per heavy atom. The molecule has 0 bridgehead atoms. The van der Waals surface area contributed by atoms with Crippen LogP contribution < -0.4 is 0 Å². The van der Waals surface area contributed by atoms with Crippen LogP contribution in [0.15, 0.2) is 5.16 Å². The Kier molecular flexibility index (Phi) is 5.34. The largest absolute Gasteiger partial charge is 0.411 e. The first-order valence-corrected chi connectivity index (χ1v) is 7.58. The van der Waals surface area contributed by atoms with Crippen molar-refractivity contribution in [3.63, 3.8) is 0 Å². The fourth-order valence-electron chi connectivity index (χ4n) is 3.61. The summed E-state index contributed by atoms with van der Waals surface area (Å²) in [6.45, 7) is 0. The molecular weight excluding hydrogens is 210 g/mol. The Hall–Kier alpha value is -0.530. The molecular formula is C15H27NO. The lowest BCUT2D eigenvalue weighted by Gasteiger charge is -2.25. The molecule has 0 heterocycles. The van der Waals surface area contributed by atoms with Crippen LogP contribution in [0.3, 0.4) is 0 Å². The van der Waals surface area contributed by atoms with Crippen LogP contribution in [0, 0.1) is 11.8 Å². The van der Waals surface area contributed by atoms with E-state index in [0.29, 0.717) is 0 Å². The molecule has 98 valence electrons. The van der Waals surface area contributed by atoms with Gasteiger partial charge in [-0.15, -0.1) is 0 Å². The fraction of sp³-hybridized carbons (Fsp3) is 0.933. The molecule has 0 aromatic rings. The second kappa shape index (κ2) is 7.03. The highest BCUT2D eigenvalue weighted by Crippen LogP contribution is 2.31. The molecule has 0 aromatic heterocycles. The van der Waals surface area contributed by atoms with Gasteiger partial charge in [-0.05, 0) is 24.7 Å². The molecule has 17 heavy (non-hydrogen) atoms. The van der Waals surface area contributed by atoms with E-state index < -0.39 is 0 Å². The van der Waals surface area contributed by atoms with Gasteiger partial charge in [0.25, 0.3) is 0 Å². The Labute approximate surface area is 105 Å². The zero-order chi connectivity index (χ0) is 11.9. The molecule has 0 atom stereocenters. The van der Waals surface area contributed by atoms with E-state index in [0.717, 1.165) is 30.4 Å². The van der Waals surface area contributed by atoms with Crippen molar-refractivity contribution in [2.75, 3.05) is 0 Å². The molecule has 2 heteroatoms. The van der Waals surface area contributed by atoms with Crippen LogP contribution in [0.2, 0.25) is 0 Å². The molecule has 0 radical (unpaired) electrons. The van der Waals surface area contributed by atoms with Gasteiger partial charge in [0.15, 0.2) is 0 Å². The van der Waals surface area contributed by atoms with Gasteiger partial charge in [-0.25, -0.2) is 0 Å². The van der Waals surface area contributed by atoms with Gasteiger partial charge in [0, 0.05) is 0 Å². The molecule has 0 unspecified atom stereocenters. The van der Waals surface area contributed by atoms with E-state index in [4.69, 9.17) is 0 Å². The van der Waals surface area contributed by atoms with E-state index in [-0.39, 0.29) is 0 Å². The highest BCUT2D eigenvalue weighted by Gasteiger charge is 2.20. The van der Waals surface area contributed by atoms with Crippen LogP contribution in [-0.4, -0.2) is 10.9 Å². The summed E-state index contributed by atoms with van der Waals surface area (Å²) in [6.07, 6.45) is 15.9. The van der Waals surface area contributed by atoms with Gasteiger partial charge in [0.2, 0.25) is 0 Å². The first-order valence-electron chi connectivity index (χ1n) is 7.58. The lowest BCUT2D eigenvalue weighted by molar-refractivity contribution is 0.301. The lowest BCUT2D eigenvalue weighted by Crippen LogP contribution is -2.17. The molecule has 2 fully saturated rings. The summed E-state index contributed by atoms with van der Waals surface area (Å²) in [5.41, 5.74) is 1.09. The number of hydrogen-bond acceptors (Lipinski definition) is 2. The van der Waals surface area contributed by atoms with Crippen molar-refractivity contribution in [1.29, 1.82) is 0 Å². The summed E-state index contributed by atoms with van der Waals surface area (Å²) >= 11 is 0. The van der Waals surface area contributed by atoms with Crippen molar-refractivity contribution in [1.82, 2.24) is 0 Å². The maximum absolute atomic E-state index is 9.18. The lowest BCUT2D eigenvalue weighted by atomic mass is 9.81. The average Bonchev–Trinajstić information content (AvgIpc) is 2.40. The molecule has 0 amide bonds. The molecule has 0 aromatic carbocycles. The predicted octanol–water partition coefficient (Wildman–Crippen LogP) is 4.76. The van der Waals surface area contributed by atoms with Gasteiger partial charge in [-0.2, -0.15) is 0 Å². The van der Waals surface area contributed by atoms with Gasteiger partial charge in [-0.3, -0.25) is 0 Å². The van der Waals surface area contributed by atoms with Crippen molar-refractivity contribution in [3.8, 4) is 0 Å². The van der Waals surface area contributed by atoms with Gasteiger partial charge in [-0.1, -0.05) is 69.4 Å².